The average Bonchev–Trinajstić information content (AvgIpc) is 3.65. The van der Waals surface area contributed by atoms with Crippen LogP contribution in [0, 0.1) is 0 Å². The number of benzene rings is 9. The normalized spacial score (nSPS) is 11.4. The van der Waals surface area contributed by atoms with E-state index in [1.807, 2.05) is 12.1 Å². The summed E-state index contributed by atoms with van der Waals surface area (Å²) in [7, 11) is 0. The Bertz CT molecular complexity index is 2960. The highest BCUT2D eigenvalue weighted by molar-refractivity contribution is 6.18. The minimum atomic E-state index is 0.687. The standard InChI is InChI=1S/C56H37N3/c1-5-15-38(16-6-1)40-27-31-45(32-28-40)59(46-33-29-41(30-34-46)39-17-7-2-8-18-39)47-35-50-48-25-13-23-44-24-14-26-49(54(44)48)55(50)51(36-47)56-57-52(42-19-9-3-10-20-42)37-53(58-56)43-21-11-4-12-22-43/h1-37H. The maximum absolute atomic E-state index is 5.41. The molecule has 0 aliphatic heterocycles. The van der Waals surface area contributed by atoms with Crippen molar-refractivity contribution in [2.45, 2.75) is 0 Å². The van der Waals surface area contributed by atoms with E-state index >= 15 is 0 Å². The summed E-state index contributed by atoms with van der Waals surface area (Å²) in [5.74, 6) is 0.687. The molecule has 1 heterocycles. The summed E-state index contributed by atoms with van der Waals surface area (Å²) in [6.07, 6.45) is 0. The van der Waals surface area contributed by atoms with E-state index < -0.39 is 0 Å². The van der Waals surface area contributed by atoms with Crippen molar-refractivity contribution in [2.24, 2.45) is 0 Å². The zero-order valence-corrected chi connectivity index (χ0v) is 32.2. The van der Waals surface area contributed by atoms with Gasteiger partial charge >= 0.3 is 0 Å². The maximum atomic E-state index is 5.41. The van der Waals surface area contributed by atoms with Gasteiger partial charge < -0.3 is 4.90 Å². The minimum Gasteiger partial charge on any atom is -0.310 e. The zero-order valence-electron chi connectivity index (χ0n) is 32.2. The van der Waals surface area contributed by atoms with E-state index in [0.29, 0.717) is 5.82 Å². The van der Waals surface area contributed by atoms with Gasteiger partial charge in [-0.15, -0.1) is 0 Å². The first kappa shape index (κ1) is 34.4. The third kappa shape index (κ3) is 6.26. The highest BCUT2D eigenvalue weighted by Crippen LogP contribution is 2.53. The summed E-state index contributed by atoms with van der Waals surface area (Å²) in [6, 6.07) is 79.9. The van der Waals surface area contributed by atoms with Gasteiger partial charge in [0.1, 0.15) is 0 Å². The monoisotopic (exact) mass is 751 g/mol. The van der Waals surface area contributed by atoms with Crippen LogP contribution < -0.4 is 4.90 Å². The van der Waals surface area contributed by atoms with Crippen LogP contribution in [0.4, 0.5) is 17.1 Å². The molecular weight excluding hydrogens is 715 g/mol. The Hall–Kier alpha value is -7.88. The van der Waals surface area contributed by atoms with E-state index in [-0.39, 0.29) is 0 Å². The Labute approximate surface area is 344 Å². The van der Waals surface area contributed by atoms with Crippen LogP contribution in [-0.2, 0) is 0 Å². The molecule has 0 atom stereocenters. The first-order chi connectivity index (χ1) is 29.2. The molecule has 0 N–H and O–H groups in total. The molecule has 1 aromatic heterocycles. The molecule has 1 aliphatic carbocycles. The lowest BCUT2D eigenvalue weighted by Gasteiger charge is -2.27. The molecule has 0 fully saturated rings. The number of aromatic nitrogens is 2. The van der Waals surface area contributed by atoms with Gasteiger partial charge in [-0.1, -0.05) is 182 Å². The number of fused-ring (bicyclic) bond motifs is 3. The van der Waals surface area contributed by atoms with Crippen molar-refractivity contribution in [3.63, 3.8) is 0 Å². The minimum absolute atomic E-state index is 0.687. The van der Waals surface area contributed by atoms with Gasteiger partial charge in [0.05, 0.1) is 11.4 Å². The lowest BCUT2D eigenvalue weighted by atomic mass is 9.95. The molecule has 1 aliphatic rings. The largest absolute Gasteiger partial charge is 0.310 e. The smallest absolute Gasteiger partial charge is 0.161 e. The summed E-state index contributed by atoms with van der Waals surface area (Å²) < 4.78 is 0. The molecule has 0 spiro atoms. The average molecular weight is 752 g/mol. The molecule has 10 aromatic rings. The summed E-state index contributed by atoms with van der Waals surface area (Å²) in [5, 5.41) is 2.48. The van der Waals surface area contributed by atoms with Crippen molar-refractivity contribution < 1.29 is 0 Å². The third-order valence-electron chi connectivity index (χ3n) is 11.4. The van der Waals surface area contributed by atoms with Crippen LogP contribution in [0.5, 0.6) is 0 Å². The first-order valence-electron chi connectivity index (χ1n) is 20.1. The van der Waals surface area contributed by atoms with Gasteiger partial charge in [-0.3, -0.25) is 0 Å². The van der Waals surface area contributed by atoms with Crippen molar-refractivity contribution in [2.75, 3.05) is 4.90 Å². The van der Waals surface area contributed by atoms with Gasteiger partial charge in [0, 0.05) is 39.3 Å². The molecule has 276 valence electrons. The van der Waals surface area contributed by atoms with Gasteiger partial charge in [0.2, 0.25) is 0 Å². The molecule has 0 saturated heterocycles. The van der Waals surface area contributed by atoms with Crippen LogP contribution in [0.25, 0.3) is 89.2 Å². The molecule has 3 nitrogen and oxygen atoms in total. The van der Waals surface area contributed by atoms with Crippen molar-refractivity contribution in [3.05, 3.63) is 224 Å². The molecule has 0 bridgehead atoms. The molecular formula is C56H37N3. The fourth-order valence-electron chi connectivity index (χ4n) is 8.60. The van der Waals surface area contributed by atoms with E-state index in [1.54, 1.807) is 0 Å². The second-order valence-electron chi connectivity index (χ2n) is 15.0. The van der Waals surface area contributed by atoms with E-state index in [0.717, 1.165) is 50.7 Å². The Morgan fingerprint density at radius 1 is 0.288 bits per heavy atom. The quantitative estimate of drug-likeness (QED) is 0.155. The Balaban J connectivity index is 1.17. The van der Waals surface area contributed by atoms with Crippen LogP contribution in [-0.4, -0.2) is 9.97 Å². The van der Waals surface area contributed by atoms with E-state index in [2.05, 4.69) is 217 Å². The van der Waals surface area contributed by atoms with Crippen LogP contribution in [0.15, 0.2) is 224 Å². The second-order valence-corrected chi connectivity index (χ2v) is 15.0. The van der Waals surface area contributed by atoms with Gasteiger partial charge in [-0.2, -0.15) is 0 Å². The molecule has 11 rings (SSSR count). The van der Waals surface area contributed by atoms with Crippen molar-refractivity contribution in [1.29, 1.82) is 0 Å². The predicted octanol–water partition coefficient (Wildman–Crippen LogP) is 15.1. The molecule has 0 saturated carbocycles. The van der Waals surface area contributed by atoms with Gasteiger partial charge in [-0.25, -0.2) is 9.97 Å². The molecule has 9 aromatic carbocycles. The highest BCUT2D eigenvalue weighted by Gasteiger charge is 2.28. The lowest BCUT2D eigenvalue weighted by Crippen LogP contribution is -2.11. The fourth-order valence-corrected chi connectivity index (χ4v) is 8.60. The first-order valence-corrected chi connectivity index (χ1v) is 20.1. The number of hydrogen-bond acceptors (Lipinski definition) is 3. The SMILES string of the molecule is c1ccc(-c2ccc(N(c3ccc(-c4ccccc4)cc3)c3cc(-c4nc(-c5ccccc5)cc(-c5ccccc5)n4)c4c(c3)-c3cccc5cccc-4c35)cc2)cc1. The summed E-state index contributed by atoms with van der Waals surface area (Å²) in [6.45, 7) is 0. The molecule has 0 unspecified atom stereocenters. The van der Waals surface area contributed by atoms with Crippen LogP contribution in [0.2, 0.25) is 0 Å². The number of nitrogens with zero attached hydrogens (tertiary/aromatic N) is 3. The van der Waals surface area contributed by atoms with E-state index in [4.69, 9.17) is 9.97 Å². The van der Waals surface area contributed by atoms with Gasteiger partial charge in [0.25, 0.3) is 0 Å². The topological polar surface area (TPSA) is 29.0 Å². The fraction of sp³-hybridized carbons (Fsp3) is 0. The highest BCUT2D eigenvalue weighted by atomic mass is 15.1. The Morgan fingerprint density at radius 3 is 1.20 bits per heavy atom. The molecule has 0 radical (unpaired) electrons. The predicted molar refractivity (Wildman–Crippen MR) is 246 cm³/mol. The van der Waals surface area contributed by atoms with Crippen LogP contribution >= 0.6 is 0 Å². The van der Waals surface area contributed by atoms with E-state index in [1.165, 1.54) is 49.7 Å². The lowest BCUT2D eigenvalue weighted by molar-refractivity contribution is 1.18. The second kappa shape index (κ2) is 14.6. The Kier molecular flexibility index (Phi) is 8.49. The number of hydrogen-bond donors (Lipinski definition) is 0. The van der Waals surface area contributed by atoms with Crippen molar-refractivity contribution in [1.82, 2.24) is 9.97 Å². The Morgan fingerprint density at radius 2 is 0.712 bits per heavy atom. The maximum Gasteiger partial charge on any atom is 0.161 e. The van der Waals surface area contributed by atoms with Crippen molar-refractivity contribution in [3.8, 4) is 78.4 Å². The summed E-state index contributed by atoms with van der Waals surface area (Å²) in [5.41, 5.74) is 17.5. The molecule has 59 heavy (non-hydrogen) atoms. The molecule has 3 heteroatoms. The van der Waals surface area contributed by atoms with Crippen LogP contribution in [0.1, 0.15) is 0 Å². The number of rotatable bonds is 8. The zero-order chi connectivity index (χ0) is 39.1. The van der Waals surface area contributed by atoms with E-state index in [9.17, 15) is 0 Å². The summed E-state index contributed by atoms with van der Waals surface area (Å²) >= 11 is 0. The number of anilines is 3. The third-order valence-corrected chi connectivity index (χ3v) is 11.4. The molecule has 0 amide bonds. The van der Waals surface area contributed by atoms with Crippen molar-refractivity contribution >= 4 is 27.8 Å². The van der Waals surface area contributed by atoms with Gasteiger partial charge in [-0.05, 0) is 92.2 Å². The summed E-state index contributed by atoms with van der Waals surface area (Å²) in [4.78, 5) is 13.2. The van der Waals surface area contributed by atoms with Crippen LogP contribution in [0.3, 0.4) is 0 Å². The van der Waals surface area contributed by atoms with Gasteiger partial charge in [0.15, 0.2) is 5.82 Å².